The SMILES string of the molecule is Cc1cc(C(C)Nc2ccc(Br)cc2[N+](=O)[O-])c(C)o1. The van der Waals surface area contributed by atoms with Crippen LogP contribution in [0.1, 0.15) is 30.0 Å². The normalized spacial score (nSPS) is 12.2. The van der Waals surface area contributed by atoms with E-state index < -0.39 is 4.92 Å². The number of hydrogen-bond donors (Lipinski definition) is 1. The van der Waals surface area contributed by atoms with Gasteiger partial charge in [-0.2, -0.15) is 0 Å². The maximum atomic E-state index is 11.1. The molecule has 20 heavy (non-hydrogen) atoms. The summed E-state index contributed by atoms with van der Waals surface area (Å²) in [6.07, 6.45) is 0. The molecular formula is C14H15BrN2O3. The zero-order valence-electron chi connectivity index (χ0n) is 11.4. The van der Waals surface area contributed by atoms with Crippen LogP contribution >= 0.6 is 15.9 Å². The van der Waals surface area contributed by atoms with Crippen molar-refractivity contribution in [3.8, 4) is 0 Å². The molecule has 0 aliphatic carbocycles. The van der Waals surface area contributed by atoms with Crippen LogP contribution in [0.15, 0.2) is 33.2 Å². The minimum Gasteiger partial charge on any atom is -0.466 e. The number of nitro groups is 1. The fourth-order valence-corrected chi connectivity index (χ4v) is 2.52. The van der Waals surface area contributed by atoms with Gasteiger partial charge in [0.2, 0.25) is 0 Å². The number of furan rings is 1. The molecule has 0 amide bonds. The number of nitrogens with one attached hydrogen (secondary N) is 1. The van der Waals surface area contributed by atoms with Crippen LogP contribution in [0.5, 0.6) is 0 Å². The second-order valence-corrected chi connectivity index (χ2v) is 5.57. The molecule has 0 saturated carbocycles. The summed E-state index contributed by atoms with van der Waals surface area (Å²) in [5.41, 5.74) is 1.53. The first-order valence-electron chi connectivity index (χ1n) is 6.16. The quantitative estimate of drug-likeness (QED) is 0.645. The Hall–Kier alpha value is -1.82. The Morgan fingerprint density at radius 2 is 2.05 bits per heavy atom. The highest BCUT2D eigenvalue weighted by Crippen LogP contribution is 2.32. The van der Waals surface area contributed by atoms with Crippen LogP contribution in [0.4, 0.5) is 11.4 Å². The number of nitro benzene ring substituents is 1. The van der Waals surface area contributed by atoms with Crippen molar-refractivity contribution < 1.29 is 9.34 Å². The Bertz CT molecular complexity index is 652. The van der Waals surface area contributed by atoms with E-state index in [1.54, 1.807) is 12.1 Å². The molecule has 0 aliphatic heterocycles. The van der Waals surface area contributed by atoms with Gasteiger partial charge in [0, 0.05) is 16.1 Å². The molecule has 1 atom stereocenters. The van der Waals surface area contributed by atoms with Crippen molar-refractivity contribution in [2.45, 2.75) is 26.8 Å². The van der Waals surface area contributed by atoms with E-state index in [0.29, 0.717) is 10.2 Å². The zero-order chi connectivity index (χ0) is 14.9. The third kappa shape index (κ3) is 3.01. The lowest BCUT2D eigenvalue weighted by molar-refractivity contribution is -0.384. The zero-order valence-corrected chi connectivity index (χ0v) is 13.0. The molecule has 0 fully saturated rings. The van der Waals surface area contributed by atoms with Gasteiger partial charge in [-0.25, -0.2) is 0 Å². The molecule has 6 heteroatoms. The fraction of sp³-hybridized carbons (Fsp3) is 0.286. The van der Waals surface area contributed by atoms with E-state index in [0.717, 1.165) is 17.1 Å². The fourth-order valence-electron chi connectivity index (χ4n) is 2.17. The molecule has 1 heterocycles. The monoisotopic (exact) mass is 338 g/mol. The molecule has 0 aliphatic rings. The van der Waals surface area contributed by atoms with Gasteiger partial charge in [0.05, 0.1) is 11.0 Å². The van der Waals surface area contributed by atoms with E-state index in [4.69, 9.17) is 4.42 Å². The lowest BCUT2D eigenvalue weighted by atomic mass is 10.1. The van der Waals surface area contributed by atoms with Gasteiger partial charge in [-0.05, 0) is 39.0 Å². The van der Waals surface area contributed by atoms with E-state index in [-0.39, 0.29) is 11.7 Å². The summed E-state index contributed by atoms with van der Waals surface area (Å²) in [5, 5.41) is 14.3. The lowest BCUT2D eigenvalue weighted by Crippen LogP contribution is -2.08. The highest BCUT2D eigenvalue weighted by molar-refractivity contribution is 9.10. The van der Waals surface area contributed by atoms with Crippen LogP contribution in [0.2, 0.25) is 0 Å². The molecule has 1 N–H and O–H groups in total. The first kappa shape index (κ1) is 14.6. The summed E-state index contributed by atoms with van der Waals surface area (Å²) in [4.78, 5) is 10.7. The van der Waals surface area contributed by atoms with Crippen LogP contribution in [0.25, 0.3) is 0 Å². The largest absolute Gasteiger partial charge is 0.466 e. The molecule has 1 unspecified atom stereocenters. The Kier molecular flexibility index (Phi) is 4.13. The Morgan fingerprint density at radius 3 is 2.60 bits per heavy atom. The molecule has 0 saturated heterocycles. The molecule has 1 aromatic heterocycles. The molecule has 2 rings (SSSR count). The maximum Gasteiger partial charge on any atom is 0.293 e. The minimum atomic E-state index is -0.396. The highest BCUT2D eigenvalue weighted by atomic mass is 79.9. The molecule has 106 valence electrons. The third-order valence-corrected chi connectivity index (χ3v) is 3.57. The Balaban J connectivity index is 2.30. The Labute approximate surface area is 125 Å². The number of aryl methyl sites for hydroxylation is 2. The Morgan fingerprint density at radius 1 is 1.35 bits per heavy atom. The summed E-state index contributed by atoms with van der Waals surface area (Å²) in [5.74, 6) is 1.65. The summed E-state index contributed by atoms with van der Waals surface area (Å²) in [6, 6.07) is 6.82. The van der Waals surface area contributed by atoms with Crippen molar-refractivity contribution in [2.24, 2.45) is 0 Å². The predicted octanol–water partition coefficient (Wildman–Crippen LogP) is 4.74. The molecule has 0 radical (unpaired) electrons. The van der Waals surface area contributed by atoms with Crippen LogP contribution in [0, 0.1) is 24.0 Å². The van der Waals surface area contributed by atoms with Gasteiger partial charge in [0.25, 0.3) is 5.69 Å². The summed E-state index contributed by atoms with van der Waals surface area (Å²) < 4.78 is 6.17. The van der Waals surface area contributed by atoms with Crippen molar-refractivity contribution in [1.29, 1.82) is 0 Å². The topological polar surface area (TPSA) is 68.3 Å². The van der Waals surface area contributed by atoms with E-state index in [1.807, 2.05) is 26.8 Å². The molecule has 0 bridgehead atoms. The van der Waals surface area contributed by atoms with Crippen LogP contribution in [-0.4, -0.2) is 4.92 Å². The summed E-state index contributed by atoms with van der Waals surface area (Å²) >= 11 is 3.24. The van der Waals surface area contributed by atoms with E-state index in [1.165, 1.54) is 6.07 Å². The van der Waals surface area contributed by atoms with Crippen LogP contribution in [0.3, 0.4) is 0 Å². The number of nitrogens with zero attached hydrogens (tertiary/aromatic N) is 1. The molecular weight excluding hydrogens is 324 g/mol. The van der Waals surface area contributed by atoms with Crippen molar-refractivity contribution in [3.63, 3.8) is 0 Å². The predicted molar refractivity (Wildman–Crippen MR) is 81.0 cm³/mol. The van der Waals surface area contributed by atoms with E-state index >= 15 is 0 Å². The summed E-state index contributed by atoms with van der Waals surface area (Å²) in [6.45, 7) is 5.71. The first-order chi connectivity index (χ1) is 9.38. The molecule has 1 aromatic carbocycles. The van der Waals surface area contributed by atoms with Gasteiger partial charge < -0.3 is 9.73 Å². The number of benzene rings is 1. The molecule has 2 aromatic rings. The van der Waals surface area contributed by atoms with Crippen LogP contribution in [-0.2, 0) is 0 Å². The first-order valence-corrected chi connectivity index (χ1v) is 6.95. The van der Waals surface area contributed by atoms with Crippen molar-refractivity contribution in [3.05, 3.63) is 55.9 Å². The maximum absolute atomic E-state index is 11.1. The van der Waals surface area contributed by atoms with Crippen molar-refractivity contribution in [2.75, 3.05) is 5.32 Å². The lowest BCUT2D eigenvalue weighted by Gasteiger charge is -2.14. The number of hydrogen-bond acceptors (Lipinski definition) is 4. The van der Waals surface area contributed by atoms with Gasteiger partial charge in [0.1, 0.15) is 17.2 Å². The molecule has 5 nitrogen and oxygen atoms in total. The van der Waals surface area contributed by atoms with E-state index in [2.05, 4.69) is 21.2 Å². The number of anilines is 1. The van der Waals surface area contributed by atoms with Gasteiger partial charge in [-0.1, -0.05) is 15.9 Å². The van der Waals surface area contributed by atoms with Crippen molar-refractivity contribution in [1.82, 2.24) is 0 Å². The van der Waals surface area contributed by atoms with Crippen molar-refractivity contribution >= 4 is 27.3 Å². The van der Waals surface area contributed by atoms with Crippen LogP contribution < -0.4 is 5.32 Å². The smallest absolute Gasteiger partial charge is 0.293 e. The van der Waals surface area contributed by atoms with Gasteiger partial charge in [0.15, 0.2) is 0 Å². The standard InChI is InChI=1S/C14H15BrN2O3/c1-8-6-12(10(3)20-8)9(2)16-13-5-4-11(15)7-14(13)17(18)19/h4-7,9,16H,1-3H3. The van der Waals surface area contributed by atoms with Gasteiger partial charge in [-0.15, -0.1) is 0 Å². The third-order valence-electron chi connectivity index (χ3n) is 3.07. The van der Waals surface area contributed by atoms with E-state index in [9.17, 15) is 10.1 Å². The number of halogens is 1. The highest BCUT2D eigenvalue weighted by Gasteiger charge is 2.18. The average molecular weight is 339 g/mol. The van der Waals surface area contributed by atoms with Gasteiger partial charge in [-0.3, -0.25) is 10.1 Å². The summed E-state index contributed by atoms with van der Waals surface area (Å²) in [7, 11) is 0. The minimum absolute atomic E-state index is 0.0455. The number of rotatable bonds is 4. The second kappa shape index (κ2) is 5.66. The second-order valence-electron chi connectivity index (χ2n) is 4.65. The molecule has 0 spiro atoms. The average Bonchev–Trinajstić information content (AvgIpc) is 2.70. The van der Waals surface area contributed by atoms with Gasteiger partial charge >= 0.3 is 0 Å².